The van der Waals surface area contributed by atoms with Gasteiger partial charge in [0, 0.05) is 33.2 Å². The normalized spacial score (nSPS) is 10.5. The lowest BCUT2D eigenvalue weighted by atomic mass is 10.1. The van der Waals surface area contributed by atoms with Gasteiger partial charge in [-0.2, -0.15) is 5.26 Å². The Bertz CT molecular complexity index is 500. The van der Waals surface area contributed by atoms with E-state index < -0.39 is 11.8 Å². The molecule has 0 fully saturated rings. The molecule has 0 aliphatic heterocycles. The average molecular weight is 280 g/mol. The first-order valence-corrected chi connectivity index (χ1v) is 6.18. The molecule has 0 bridgehead atoms. The summed E-state index contributed by atoms with van der Waals surface area (Å²) >= 11 is 0. The molecule has 0 unspecified atom stereocenters. The van der Waals surface area contributed by atoms with Crippen LogP contribution in [0.2, 0.25) is 0 Å². The molecule has 1 N–H and O–H groups in total. The number of nitriles is 1. The van der Waals surface area contributed by atoms with Gasteiger partial charge in [-0.1, -0.05) is 6.07 Å². The Morgan fingerprint density at radius 1 is 1.50 bits per heavy atom. The number of aromatic carboxylic acids is 1. The number of methoxy groups -OCH3 is 1. The zero-order valence-corrected chi connectivity index (χ0v) is 11.3. The monoisotopic (exact) mass is 280 g/mol. The molecule has 0 saturated heterocycles. The van der Waals surface area contributed by atoms with Crippen LogP contribution in [0.1, 0.15) is 22.3 Å². The van der Waals surface area contributed by atoms with Gasteiger partial charge in [0.1, 0.15) is 5.82 Å². The second kappa shape index (κ2) is 8.25. The average Bonchev–Trinajstić information content (AvgIpc) is 2.41. The van der Waals surface area contributed by atoms with Gasteiger partial charge in [0.05, 0.1) is 18.2 Å². The van der Waals surface area contributed by atoms with E-state index in [1.54, 1.807) is 13.2 Å². The van der Waals surface area contributed by atoms with Crippen LogP contribution in [0.4, 0.5) is 4.39 Å². The van der Waals surface area contributed by atoms with Crippen molar-refractivity contribution in [2.75, 3.05) is 26.8 Å². The van der Waals surface area contributed by atoms with Crippen molar-refractivity contribution >= 4 is 5.97 Å². The highest BCUT2D eigenvalue weighted by Crippen LogP contribution is 2.12. The van der Waals surface area contributed by atoms with E-state index in [-0.39, 0.29) is 5.56 Å². The molecule has 0 radical (unpaired) electrons. The van der Waals surface area contributed by atoms with Crippen LogP contribution in [-0.2, 0) is 11.3 Å². The van der Waals surface area contributed by atoms with Crippen molar-refractivity contribution in [1.82, 2.24) is 4.90 Å². The lowest BCUT2D eigenvalue weighted by Crippen LogP contribution is -2.28. The minimum atomic E-state index is -1.28. The van der Waals surface area contributed by atoms with Crippen molar-refractivity contribution in [2.45, 2.75) is 13.0 Å². The van der Waals surface area contributed by atoms with Crippen molar-refractivity contribution in [2.24, 2.45) is 0 Å². The molecule has 0 heterocycles. The Morgan fingerprint density at radius 2 is 2.25 bits per heavy atom. The zero-order valence-electron chi connectivity index (χ0n) is 11.3. The van der Waals surface area contributed by atoms with Gasteiger partial charge in [-0.05, 0) is 17.7 Å². The predicted octanol–water partition coefficient (Wildman–Crippen LogP) is 1.89. The second-order valence-electron chi connectivity index (χ2n) is 4.30. The van der Waals surface area contributed by atoms with Crippen LogP contribution >= 0.6 is 0 Å². The number of halogens is 1. The molecule has 1 rings (SSSR count). The van der Waals surface area contributed by atoms with Crippen LogP contribution in [0.5, 0.6) is 0 Å². The molecule has 0 aliphatic carbocycles. The first-order chi connectivity index (χ1) is 9.58. The van der Waals surface area contributed by atoms with E-state index in [0.717, 1.165) is 0 Å². The van der Waals surface area contributed by atoms with E-state index in [9.17, 15) is 9.18 Å². The lowest BCUT2D eigenvalue weighted by molar-refractivity contribution is 0.0692. The van der Waals surface area contributed by atoms with Crippen LogP contribution in [0.3, 0.4) is 0 Å². The maximum absolute atomic E-state index is 13.6. The van der Waals surface area contributed by atoms with Crippen molar-refractivity contribution in [3.8, 4) is 6.07 Å². The number of hydrogen-bond acceptors (Lipinski definition) is 4. The highest BCUT2D eigenvalue weighted by Gasteiger charge is 2.12. The second-order valence-corrected chi connectivity index (χ2v) is 4.30. The Hall–Kier alpha value is -1.97. The van der Waals surface area contributed by atoms with Crippen LogP contribution in [0.25, 0.3) is 0 Å². The Kier molecular flexibility index (Phi) is 6.64. The molecule has 0 atom stereocenters. The topological polar surface area (TPSA) is 73.6 Å². The first kappa shape index (κ1) is 16.1. The van der Waals surface area contributed by atoms with Crippen LogP contribution in [0.15, 0.2) is 18.2 Å². The fourth-order valence-electron chi connectivity index (χ4n) is 1.79. The van der Waals surface area contributed by atoms with E-state index in [4.69, 9.17) is 15.1 Å². The minimum Gasteiger partial charge on any atom is -0.478 e. The van der Waals surface area contributed by atoms with Gasteiger partial charge >= 0.3 is 5.97 Å². The number of carboxylic acids is 1. The Balaban J connectivity index is 2.74. The van der Waals surface area contributed by atoms with E-state index in [1.807, 2.05) is 4.90 Å². The van der Waals surface area contributed by atoms with Crippen LogP contribution in [-0.4, -0.2) is 42.8 Å². The smallest absolute Gasteiger partial charge is 0.338 e. The van der Waals surface area contributed by atoms with Crippen LogP contribution in [0, 0.1) is 17.1 Å². The third-order valence-electron chi connectivity index (χ3n) is 2.82. The van der Waals surface area contributed by atoms with Crippen molar-refractivity contribution < 1.29 is 19.0 Å². The highest BCUT2D eigenvalue weighted by atomic mass is 19.1. The van der Waals surface area contributed by atoms with Gasteiger partial charge in [-0.15, -0.1) is 0 Å². The number of ether oxygens (including phenoxy) is 1. The number of hydrogen-bond donors (Lipinski definition) is 1. The summed E-state index contributed by atoms with van der Waals surface area (Å²) in [6.45, 7) is 2.14. The summed E-state index contributed by atoms with van der Waals surface area (Å²) in [5.74, 6) is -2.03. The maximum Gasteiger partial charge on any atom is 0.338 e. The summed E-state index contributed by atoms with van der Waals surface area (Å²) in [4.78, 5) is 12.7. The third kappa shape index (κ3) is 4.96. The molecule has 1 aromatic rings. The molecule has 108 valence electrons. The van der Waals surface area contributed by atoms with Crippen LogP contribution < -0.4 is 0 Å². The molecule has 0 saturated carbocycles. The molecule has 0 amide bonds. The van der Waals surface area contributed by atoms with E-state index >= 15 is 0 Å². The molecule has 1 aromatic carbocycles. The van der Waals surface area contributed by atoms with Crippen molar-refractivity contribution in [3.63, 3.8) is 0 Å². The molecule has 0 aliphatic rings. The van der Waals surface area contributed by atoms with Gasteiger partial charge in [-0.25, -0.2) is 9.18 Å². The van der Waals surface area contributed by atoms with Gasteiger partial charge in [0.25, 0.3) is 0 Å². The Labute approximate surface area is 117 Å². The quantitative estimate of drug-likeness (QED) is 0.787. The van der Waals surface area contributed by atoms with Gasteiger partial charge < -0.3 is 9.84 Å². The van der Waals surface area contributed by atoms with Gasteiger partial charge in [0.2, 0.25) is 0 Å². The summed E-state index contributed by atoms with van der Waals surface area (Å²) in [6, 6.07) is 6.12. The fraction of sp³-hybridized carbons (Fsp3) is 0.429. The molecule has 5 nitrogen and oxygen atoms in total. The molecule has 0 spiro atoms. The van der Waals surface area contributed by atoms with E-state index in [0.29, 0.717) is 38.2 Å². The first-order valence-electron chi connectivity index (χ1n) is 6.18. The summed E-state index contributed by atoms with van der Waals surface area (Å²) in [5, 5.41) is 17.4. The standard InChI is InChI=1S/C14H17FN2O3/c1-20-8-7-17(6-2-5-16)10-11-3-4-12(14(18)19)13(15)9-11/h3-4,9H,2,6-8,10H2,1H3,(H,18,19). The molecular formula is C14H17FN2O3. The SMILES string of the molecule is COCCN(CCC#N)Cc1ccc(C(=O)O)c(F)c1. The maximum atomic E-state index is 13.6. The Morgan fingerprint density at radius 3 is 2.80 bits per heavy atom. The molecular weight excluding hydrogens is 263 g/mol. The number of carbonyl (C=O) groups is 1. The van der Waals surface area contributed by atoms with E-state index in [1.165, 1.54) is 12.1 Å². The molecule has 6 heteroatoms. The number of nitrogens with zero attached hydrogens (tertiary/aromatic N) is 2. The van der Waals surface area contributed by atoms with Crippen molar-refractivity contribution in [1.29, 1.82) is 5.26 Å². The third-order valence-corrected chi connectivity index (χ3v) is 2.82. The van der Waals surface area contributed by atoms with Gasteiger partial charge in [0.15, 0.2) is 0 Å². The van der Waals surface area contributed by atoms with E-state index in [2.05, 4.69) is 6.07 Å². The molecule has 0 aromatic heterocycles. The predicted molar refractivity (Wildman–Crippen MR) is 70.7 cm³/mol. The minimum absolute atomic E-state index is 0.339. The van der Waals surface area contributed by atoms with Gasteiger partial charge in [-0.3, -0.25) is 4.90 Å². The number of benzene rings is 1. The largest absolute Gasteiger partial charge is 0.478 e. The molecule has 20 heavy (non-hydrogen) atoms. The highest BCUT2D eigenvalue weighted by molar-refractivity contribution is 5.87. The number of rotatable bonds is 8. The summed E-state index contributed by atoms with van der Waals surface area (Å²) in [7, 11) is 1.59. The number of carboxylic acid groups (broad SMARTS) is 1. The van der Waals surface area contributed by atoms with Crippen molar-refractivity contribution in [3.05, 3.63) is 35.1 Å². The summed E-state index contributed by atoms with van der Waals surface area (Å²) in [6.07, 6.45) is 0.374. The fourth-order valence-corrected chi connectivity index (χ4v) is 1.79. The summed E-state index contributed by atoms with van der Waals surface area (Å²) in [5.41, 5.74) is 0.329. The lowest BCUT2D eigenvalue weighted by Gasteiger charge is -2.20. The zero-order chi connectivity index (χ0) is 15.0. The summed E-state index contributed by atoms with van der Waals surface area (Å²) < 4.78 is 18.6.